The molecule has 140 valence electrons. The van der Waals surface area contributed by atoms with Gasteiger partial charge < -0.3 is 0 Å². The Bertz CT molecular complexity index is 984. The van der Waals surface area contributed by atoms with Crippen LogP contribution in [-0.2, 0) is 6.42 Å². The predicted molar refractivity (Wildman–Crippen MR) is 103 cm³/mol. The smallest absolute Gasteiger partial charge is 0.253 e. The molecule has 1 aromatic carbocycles. The van der Waals surface area contributed by atoms with Crippen LogP contribution in [-0.4, -0.2) is 31.1 Å². The number of ketones is 1. The van der Waals surface area contributed by atoms with Gasteiger partial charge in [-0.05, 0) is 42.4 Å². The van der Waals surface area contributed by atoms with Gasteiger partial charge in [-0.2, -0.15) is 4.98 Å². The number of rotatable bonds is 5. The second-order valence-corrected chi connectivity index (χ2v) is 8.41. The molecule has 0 bridgehead atoms. The summed E-state index contributed by atoms with van der Waals surface area (Å²) in [5.41, 5.74) is 2.33. The number of aromatic nitrogens is 4. The van der Waals surface area contributed by atoms with Gasteiger partial charge in [0, 0.05) is 18.4 Å². The third-order valence-corrected chi connectivity index (χ3v) is 5.70. The molecule has 1 atom stereocenters. The molecule has 1 aliphatic rings. The predicted octanol–water partition coefficient (Wildman–Crippen LogP) is 4.31. The fraction of sp³-hybridized carbons (Fsp3) is 0.400. The zero-order chi connectivity index (χ0) is 19.0. The van der Waals surface area contributed by atoms with Crippen molar-refractivity contribution < 1.29 is 9.18 Å². The van der Waals surface area contributed by atoms with Crippen molar-refractivity contribution in [2.24, 2.45) is 5.92 Å². The van der Waals surface area contributed by atoms with Crippen molar-refractivity contribution in [3.8, 4) is 0 Å². The Morgan fingerprint density at radius 1 is 1.22 bits per heavy atom. The Kier molecular flexibility index (Phi) is 4.95. The van der Waals surface area contributed by atoms with Gasteiger partial charge in [0.25, 0.3) is 5.78 Å². The Morgan fingerprint density at radius 2 is 2.00 bits per heavy atom. The summed E-state index contributed by atoms with van der Waals surface area (Å²) < 4.78 is 14.8. The standard InChI is InChI=1S/C20H21FN4OS/c1-12(2)7-8-27-20-23-19-22-17-9-14(13-3-5-15(21)6-4-13)10-18(26)16(17)11-25(19)24-20/h3-6,11-12,14H,7-10H2,1-2H3/t14-/m1/s1. The first-order valence-electron chi connectivity index (χ1n) is 9.17. The van der Waals surface area contributed by atoms with Crippen LogP contribution in [0.15, 0.2) is 35.6 Å². The molecule has 0 saturated carbocycles. The molecule has 27 heavy (non-hydrogen) atoms. The largest absolute Gasteiger partial charge is 0.294 e. The number of carbonyl (C=O) groups excluding carboxylic acids is 1. The lowest BCUT2D eigenvalue weighted by Gasteiger charge is -2.23. The van der Waals surface area contributed by atoms with Crippen LogP contribution >= 0.6 is 11.8 Å². The molecule has 2 aromatic heterocycles. The Hall–Kier alpha value is -2.28. The van der Waals surface area contributed by atoms with Crippen LogP contribution < -0.4 is 0 Å². The highest BCUT2D eigenvalue weighted by Gasteiger charge is 2.28. The fourth-order valence-corrected chi connectivity index (χ4v) is 4.35. The number of hydrogen-bond acceptors (Lipinski definition) is 5. The Morgan fingerprint density at radius 3 is 2.74 bits per heavy atom. The molecule has 0 aliphatic heterocycles. The van der Waals surface area contributed by atoms with Crippen molar-refractivity contribution in [3.05, 3.63) is 53.1 Å². The van der Waals surface area contributed by atoms with E-state index >= 15 is 0 Å². The van der Waals surface area contributed by atoms with Gasteiger partial charge in [-0.1, -0.05) is 37.7 Å². The molecule has 1 aliphatic carbocycles. The van der Waals surface area contributed by atoms with E-state index in [0.29, 0.717) is 35.3 Å². The van der Waals surface area contributed by atoms with E-state index in [1.54, 1.807) is 34.6 Å². The van der Waals surface area contributed by atoms with Gasteiger partial charge in [0.2, 0.25) is 5.16 Å². The molecule has 0 saturated heterocycles. The number of fused-ring (bicyclic) bond motifs is 2. The molecule has 7 heteroatoms. The van der Waals surface area contributed by atoms with Crippen LogP contribution in [0.3, 0.4) is 0 Å². The summed E-state index contributed by atoms with van der Waals surface area (Å²) >= 11 is 1.61. The van der Waals surface area contributed by atoms with Gasteiger partial charge in [0.05, 0.1) is 11.3 Å². The summed E-state index contributed by atoms with van der Waals surface area (Å²) in [6, 6.07) is 6.37. The zero-order valence-electron chi connectivity index (χ0n) is 15.4. The first kappa shape index (κ1) is 18.1. The summed E-state index contributed by atoms with van der Waals surface area (Å²) in [5.74, 6) is 1.91. The number of nitrogens with zero attached hydrogens (tertiary/aromatic N) is 4. The molecule has 5 nitrogen and oxygen atoms in total. The number of hydrogen-bond donors (Lipinski definition) is 0. The third-order valence-electron chi connectivity index (χ3n) is 4.83. The minimum absolute atomic E-state index is 0.0170. The SMILES string of the molecule is CC(C)CCSc1nc2nc3c(cn2n1)C(=O)C[C@H](c1ccc(F)cc1)C3. The summed E-state index contributed by atoms with van der Waals surface area (Å²) in [5, 5.41) is 5.14. The lowest BCUT2D eigenvalue weighted by molar-refractivity contribution is 0.0962. The highest BCUT2D eigenvalue weighted by atomic mass is 32.2. The monoisotopic (exact) mass is 384 g/mol. The van der Waals surface area contributed by atoms with Gasteiger partial charge in [0.15, 0.2) is 5.78 Å². The van der Waals surface area contributed by atoms with Crippen LogP contribution in [0.4, 0.5) is 4.39 Å². The molecular weight excluding hydrogens is 363 g/mol. The quantitative estimate of drug-likeness (QED) is 0.613. The van der Waals surface area contributed by atoms with E-state index in [4.69, 9.17) is 0 Å². The maximum atomic E-state index is 13.2. The number of thioether (sulfide) groups is 1. The average molecular weight is 384 g/mol. The van der Waals surface area contributed by atoms with E-state index in [-0.39, 0.29) is 17.5 Å². The van der Waals surface area contributed by atoms with E-state index in [9.17, 15) is 9.18 Å². The van der Waals surface area contributed by atoms with Crippen LogP contribution in [0.1, 0.15) is 54.2 Å². The first-order chi connectivity index (χ1) is 13.0. The van der Waals surface area contributed by atoms with E-state index in [2.05, 4.69) is 28.9 Å². The normalized spacial score (nSPS) is 16.9. The number of benzene rings is 1. The third kappa shape index (κ3) is 3.88. The van der Waals surface area contributed by atoms with Crippen molar-refractivity contribution in [2.75, 3.05) is 5.75 Å². The maximum absolute atomic E-state index is 13.2. The summed E-state index contributed by atoms with van der Waals surface area (Å²) in [4.78, 5) is 21.8. The van der Waals surface area contributed by atoms with Gasteiger partial charge in [-0.25, -0.2) is 13.9 Å². The molecule has 0 spiro atoms. The van der Waals surface area contributed by atoms with Crippen molar-refractivity contribution in [2.45, 2.75) is 44.2 Å². The molecule has 0 N–H and O–H groups in total. The summed E-state index contributed by atoms with van der Waals surface area (Å²) in [6.45, 7) is 4.38. The van der Waals surface area contributed by atoms with Crippen molar-refractivity contribution >= 4 is 23.3 Å². The number of halogens is 1. The molecule has 0 radical (unpaired) electrons. The minimum atomic E-state index is -0.271. The van der Waals surface area contributed by atoms with E-state index < -0.39 is 0 Å². The number of Topliss-reactive ketones (excluding diaryl/α,β-unsaturated/α-hetero) is 1. The molecular formula is C20H21FN4OS. The summed E-state index contributed by atoms with van der Waals surface area (Å²) in [6.07, 6.45) is 3.89. The van der Waals surface area contributed by atoms with Gasteiger partial charge >= 0.3 is 0 Å². The highest BCUT2D eigenvalue weighted by molar-refractivity contribution is 7.99. The molecule has 0 unspecified atom stereocenters. The first-order valence-corrected chi connectivity index (χ1v) is 10.2. The molecule has 4 rings (SSSR count). The Balaban J connectivity index is 1.59. The van der Waals surface area contributed by atoms with Crippen LogP contribution in [0.2, 0.25) is 0 Å². The number of carbonyl (C=O) groups is 1. The van der Waals surface area contributed by atoms with Crippen molar-refractivity contribution in [1.82, 2.24) is 19.6 Å². The maximum Gasteiger partial charge on any atom is 0.253 e. The topological polar surface area (TPSA) is 60.1 Å². The van der Waals surface area contributed by atoms with E-state index in [0.717, 1.165) is 23.4 Å². The van der Waals surface area contributed by atoms with E-state index in [1.165, 1.54) is 12.1 Å². The van der Waals surface area contributed by atoms with Crippen molar-refractivity contribution in [1.29, 1.82) is 0 Å². The second kappa shape index (κ2) is 7.38. The average Bonchev–Trinajstić information content (AvgIpc) is 3.02. The van der Waals surface area contributed by atoms with Crippen LogP contribution in [0, 0.1) is 11.7 Å². The summed E-state index contributed by atoms with van der Waals surface area (Å²) in [7, 11) is 0. The lowest BCUT2D eigenvalue weighted by atomic mass is 9.82. The fourth-order valence-electron chi connectivity index (χ4n) is 3.28. The van der Waals surface area contributed by atoms with Gasteiger partial charge in [-0.3, -0.25) is 4.79 Å². The molecule has 0 amide bonds. The van der Waals surface area contributed by atoms with Crippen LogP contribution in [0.25, 0.3) is 5.78 Å². The highest BCUT2D eigenvalue weighted by Crippen LogP contribution is 2.32. The lowest BCUT2D eigenvalue weighted by Crippen LogP contribution is -2.21. The molecule has 3 aromatic rings. The minimum Gasteiger partial charge on any atom is -0.294 e. The van der Waals surface area contributed by atoms with Gasteiger partial charge in [-0.15, -0.1) is 5.10 Å². The molecule has 0 fully saturated rings. The van der Waals surface area contributed by atoms with Crippen molar-refractivity contribution in [3.63, 3.8) is 0 Å². The van der Waals surface area contributed by atoms with Gasteiger partial charge in [0.1, 0.15) is 5.82 Å². The zero-order valence-corrected chi connectivity index (χ0v) is 16.2. The molecule has 2 heterocycles. The Labute approximate surface area is 161 Å². The second-order valence-electron chi connectivity index (χ2n) is 7.35. The van der Waals surface area contributed by atoms with E-state index in [1.807, 2.05) is 0 Å². The van der Waals surface area contributed by atoms with Crippen LogP contribution in [0.5, 0.6) is 0 Å².